The van der Waals surface area contributed by atoms with Gasteiger partial charge in [0.05, 0.1) is 12.5 Å². The zero-order valence-corrected chi connectivity index (χ0v) is 11.9. The van der Waals surface area contributed by atoms with Gasteiger partial charge in [0.1, 0.15) is 5.60 Å². The lowest BCUT2D eigenvalue weighted by Crippen LogP contribution is -2.39. The molecule has 0 radical (unpaired) electrons. The Balaban J connectivity index is 2.59. The first kappa shape index (κ1) is 14.8. The van der Waals surface area contributed by atoms with Gasteiger partial charge in [0.25, 0.3) is 0 Å². The number of nitrogens with zero attached hydrogens (tertiary/aromatic N) is 1. The summed E-state index contributed by atoms with van der Waals surface area (Å²) in [5, 5.41) is 0. The Morgan fingerprint density at radius 2 is 1.94 bits per heavy atom. The number of ether oxygens (including phenoxy) is 2. The second-order valence-corrected chi connectivity index (χ2v) is 5.67. The lowest BCUT2D eigenvalue weighted by Gasteiger charge is -2.26. The van der Waals surface area contributed by atoms with Crippen molar-refractivity contribution in [2.24, 2.45) is 5.92 Å². The van der Waals surface area contributed by atoms with Crippen LogP contribution < -0.4 is 0 Å². The third-order valence-corrected chi connectivity index (χ3v) is 2.82. The highest BCUT2D eigenvalue weighted by molar-refractivity contribution is 5.76. The molecule has 0 aromatic rings. The number of carbonyl (C=O) groups is 2. The van der Waals surface area contributed by atoms with Gasteiger partial charge in [0, 0.05) is 12.6 Å². The van der Waals surface area contributed by atoms with Gasteiger partial charge >= 0.3 is 12.1 Å². The molecule has 1 saturated heterocycles. The molecule has 0 aliphatic carbocycles. The molecule has 0 bridgehead atoms. The van der Waals surface area contributed by atoms with Gasteiger partial charge in [-0.25, -0.2) is 4.79 Å². The molecule has 1 heterocycles. The summed E-state index contributed by atoms with van der Waals surface area (Å²) in [7, 11) is 0. The predicted molar refractivity (Wildman–Crippen MR) is 67.1 cm³/mol. The number of likely N-dealkylation sites (tertiary alicyclic amines) is 1. The van der Waals surface area contributed by atoms with E-state index in [2.05, 4.69) is 0 Å². The van der Waals surface area contributed by atoms with Crippen molar-refractivity contribution < 1.29 is 19.1 Å². The summed E-state index contributed by atoms with van der Waals surface area (Å²) >= 11 is 0. The van der Waals surface area contributed by atoms with Crippen LogP contribution in [0.5, 0.6) is 0 Å². The first-order chi connectivity index (χ1) is 8.24. The van der Waals surface area contributed by atoms with Gasteiger partial charge < -0.3 is 14.4 Å². The second kappa shape index (κ2) is 5.59. The fourth-order valence-corrected chi connectivity index (χ4v) is 2.04. The molecule has 1 amide bonds. The van der Waals surface area contributed by atoms with Crippen LogP contribution in [0.2, 0.25) is 0 Å². The lowest BCUT2D eigenvalue weighted by molar-refractivity contribution is -0.147. The zero-order valence-electron chi connectivity index (χ0n) is 11.9. The van der Waals surface area contributed by atoms with Crippen LogP contribution in [0.15, 0.2) is 0 Å². The molecule has 18 heavy (non-hydrogen) atoms. The molecule has 2 atom stereocenters. The molecular formula is C13H23NO4. The third kappa shape index (κ3) is 3.89. The first-order valence-corrected chi connectivity index (χ1v) is 6.41. The van der Waals surface area contributed by atoms with E-state index in [9.17, 15) is 9.59 Å². The van der Waals surface area contributed by atoms with E-state index in [1.54, 1.807) is 11.8 Å². The van der Waals surface area contributed by atoms with Gasteiger partial charge in [-0.3, -0.25) is 4.79 Å². The summed E-state index contributed by atoms with van der Waals surface area (Å²) < 4.78 is 10.3. The maximum atomic E-state index is 11.9. The zero-order chi connectivity index (χ0) is 13.9. The Labute approximate surface area is 108 Å². The Morgan fingerprint density at radius 3 is 2.44 bits per heavy atom. The summed E-state index contributed by atoms with van der Waals surface area (Å²) in [5.74, 6) is -0.456. The van der Waals surface area contributed by atoms with E-state index >= 15 is 0 Å². The molecule has 1 aliphatic rings. The van der Waals surface area contributed by atoms with Crippen molar-refractivity contribution in [1.29, 1.82) is 0 Å². The summed E-state index contributed by atoms with van der Waals surface area (Å²) in [6, 6.07) is 0.00857. The van der Waals surface area contributed by atoms with Crippen molar-refractivity contribution in [3.63, 3.8) is 0 Å². The summed E-state index contributed by atoms with van der Waals surface area (Å²) in [5.41, 5.74) is -0.515. The Hall–Kier alpha value is -1.26. The molecule has 104 valence electrons. The largest absolute Gasteiger partial charge is 0.466 e. The average Bonchev–Trinajstić information content (AvgIpc) is 2.58. The van der Waals surface area contributed by atoms with Crippen molar-refractivity contribution in [2.45, 2.75) is 52.7 Å². The van der Waals surface area contributed by atoms with Gasteiger partial charge in [-0.1, -0.05) is 0 Å². The number of hydrogen-bond acceptors (Lipinski definition) is 4. The van der Waals surface area contributed by atoms with E-state index in [0.717, 1.165) is 0 Å². The number of hydrogen-bond donors (Lipinski definition) is 0. The van der Waals surface area contributed by atoms with E-state index in [1.165, 1.54) is 0 Å². The molecule has 1 rings (SSSR count). The SMILES string of the molecule is CCOC(=O)[C@H]1C[C@H](C)N(C(=O)OC(C)(C)C)C1. The van der Waals surface area contributed by atoms with Crippen molar-refractivity contribution in [3.05, 3.63) is 0 Å². The molecule has 1 aliphatic heterocycles. The number of carbonyl (C=O) groups excluding carboxylic acids is 2. The molecule has 0 aromatic heterocycles. The summed E-state index contributed by atoms with van der Waals surface area (Å²) in [4.78, 5) is 25.2. The molecule has 0 aromatic carbocycles. The number of amides is 1. The molecule has 0 unspecified atom stereocenters. The van der Waals surface area contributed by atoms with E-state index < -0.39 is 5.60 Å². The van der Waals surface area contributed by atoms with Crippen LogP contribution >= 0.6 is 0 Å². The minimum absolute atomic E-state index is 0.00857. The fourth-order valence-electron chi connectivity index (χ4n) is 2.04. The predicted octanol–water partition coefficient (Wildman–Crippen LogP) is 2.20. The van der Waals surface area contributed by atoms with Crippen molar-refractivity contribution in [1.82, 2.24) is 4.90 Å². The summed E-state index contributed by atoms with van der Waals surface area (Å²) in [6.07, 6.45) is 0.278. The summed E-state index contributed by atoms with van der Waals surface area (Å²) in [6.45, 7) is 9.94. The van der Waals surface area contributed by atoms with Crippen molar-refractivity contribution in [3.8, 4) is 0 Å². The van der Waals surface area contributed by atoms with Gasteiger partial charge in [-0.2, -0.15) is 0 Å². The molecule has 0 N–H and O–H groups in total. The maximum Gasteiger partial charge on any atom is 0.410 e. The molecule has 1 fully saturated rings. The standard InChI is InChI=1S/C13H23NO4/c1-6-17-11(15)10-7-9(2)14(8-10)12(16)18-13(3,4)5/h9-10H,6-8H2,1-5H3/t9-,10-/m0/s1. The molecular weight excluding hydrogens is 234 g/mol. The average molecular weight is 257 g/mol. The number of esters is 1. The lowest BCUT2D eigenvalue weighted by atomic mass is 10.1. The van der Waals surface area contributed by atoms with Crippen LogP contribution in [0, 0.1) is 5.92 Å². The van der Waals surface area contributed by atoms with Crippen LogP contribution in [0.3, 0.4) is 0 Å². The van der Waals surface area contributed by atoms with Crippen LogP contribution in [0.1, 0.15) is 41.0 Å². The van der Waals surface area contributed by atoms with E-state index in [0.29, 0.717) is 19.6 Å². The second-order valence-electron chi connectivity index (χ2n) is 5.67. The minimum Gasteiger partial charge on any atom is -0.466 e. The highest BCUT2D eigenvalue weighted by Crippen LogP contribution is 2.26. The molecule has 5 heteroatoms. The highest BCUT2D eigenvalue weighted by atomic mass is 16.6. The third-order valence-electron chi connectivity index (χ3n) is 2.82. The quantitative estimate of drug-likeness (QED) is 0.712. The fraction of sp³-hybridized carbons (Fsp3) is 0.846. The smallest absolute Gasteiger partial charge is 0.410 e. The number of rotatable bonds is 2. The van der Waals surface area contributed by atoms with Gasteiger partial charge in [-0.05, 0) is 41.0 Å². The first-order valence-electron chi connectivity index (χ1n) is 6.41. The van der Waals surface area contributed by atoms with Crippen molar-refractivity contribution in [2.75, 3.05) is 13.2 Å². The minimum atomic E-state index is -0.515. The van der Waals surface area contributed by atoms with Crippen molar-refractivity contribution >= 4 is 12.1 Å². The highest BCUT2D eigenvalue weighted by Gasteiger charge is 2.38. The Bertz CT molecular complexity index is 321. The van der Waals surface area contributed by atoms with E-state index in [4.69, 9.17) is 9.47 Å². The van der Waals surface area contributed by atoms with Crippen LogP contribution in [0.25, 0.3) is 0 Å². The van der Waals surface area contributed by atoms with Gasteiger partial charge in [-0.15, -0.1) is 0 Å². The van der Waals surface area contributed by atoms with Gasteiger partial charge in [0.15, 0.2) is 0 Å². The normalized spacial score (nSPS) is 23.9. The Kier molecular flexibility index (Phi) is 4.59. The van der Waals surface area contributed by atoms with Gasteiger partial charge in [0.2, 0.25) is 0 Å². The molecule has 0 saturated carbocycles. The van der Waals surface area contributed by atoms with E-state index in [1.807, 2.05) is 27.7 Å². The topological polar surface area (TPSA) is 55.8 Å². The molecule has 5 nitrogen and oxygen atoms in total. The maximum absolute atomic E-state index is 11.9. The van der Waals surface area contributed by atoms with Crippen LogP contribution in [-0.2, 0) is 14.3 Å². The monoisotopic (exact) mass is 257 g/mol. The molecule has 0 spiro atoms. The van der Waals surface area contributed by atoms with E-state index in [-0.39, 0.29) is 24.0 Å². The van der Waals surface area contributed by atoms with Crippen LogP contribution in [-0.4, -0.2) is 41.8 Å². The van der Waals surface area contributed by atoms with Crippen LogP contribution in [0.4, 0.5) is 4.79 Å². The Morgan fingerprint density at radius 1 is 1.33 bits per heavy atom.